The van der Waals surface area contributed by atoms with Crippen LogP contribution in [0.25, 0.3) is 0 Å². The lowest BCUT2D eigenvalue weighted by atomic mass is 9.63. The predicted octanol–water partition coefficient (Wildman–Crippen LogP) is 3.33. The minimum atomic E-state index is 0.522. The molecule has 2 N–H and O–H groups in total. The first-order valence-electron chi connectivity index (χ1n) is 6.56. The average Bonchev–Trinajstić information content (AvgIpc) is 2.07. The van der Waals surface area contributed by atoms with Crippen molar-refractivity contribution in [3.8, 4) is 0 Å². The first-order valence-corrected chi connectivity index (χ1v) is 6.56. The number of hydrogen-bond donors (Lipinski definition) is 1. The summed E-state index contributed by atoms with van der Waals surface area (Å²) in [6.45, 7) is 2.33. The quantitative estimate of drug-likeness (QED) is 0.734. The molecule has 3 atom stereocenters. The van der Waals surface area contributed by atoms with Crippen LogP contribution in [0.2, 0.25) is 0 Å². The summed E-state index contributed by atoms with van der Waals surface area (Å²) in [5.74, 6) is 3.07. The van der Waals surface area contributed by atoms with Gasteiger partial charge in [-0.3, -0.25) is 0 Å². The van der Waals surface area contributed by atoms with Crippen LogP contribution in [0.15, 0.2) is 0 Å². The van der Waals surface area contributed by atoms with Gasteiger partial charge in [-0.05, 0) is 37.0 Å². The predicted molar refractivity (Wildman–Crippen MR) is 61.1 cm³/mol. The van der Waals surface area contributed by atoms with E-state index in [9.17, 15) is 0 Å². The third-order valence-corrected chi connectivity index (χ3v) is 4.50. The first-order chi connectivity index (χ1) is 6.81. The maximum atomic E-state index is 6.10. The van der Waals surface area contributed by atoms with E-state index in [-0.39, 0.29) is 0 Å². The first kappa shape index (κ1) is 10.5. The third kappa shape index (κ3) is 2.13. The lowest BCUT2D eigenvalue weighted by Crippen LogP contribution is -2.39. The van der Waals surface area contributed by atoms with E-state index in [0.29, 0.717) is 6.04 Å². The molecule has 2 aliphatic carbocycles. The van der Waals surface area contributed by atoms with Crippen molar-refractivity contribution in [2.24, 2.45) is 23.5 Å². The fourth-order valence-corrected chi connectivity index (χ4v) is 3.48. The molecule has 0 radical (unpaired) electrons. The number of rotatable bonds is 3. The summed E-state index contributed by atoms with van der Waals surface area (Å²) < 4.78 is 0. The second-order valence-electron chi connectivity index (χ2n) is 5.48. The highest BCUT2D eigenvalue weighted by molar-refractivity contribution is 4.88. The topological polar surface area (TPSA) is 26.0 Å². The van der Waals surface area contributed by atoms with E-state index in [2.05, 4.69) is 6.92 Å². The van der Waals surface area contributed by atoms with Crippen molar-refractivity contribution in [1.82, 2.24) is 0 Å². The van der Waals surface area contributed by atoms with Gasteiger partial charge in [0.2, 0.25) is 0 Å². The van der Waals surface area contributed by atoms with Crippen molar-refractivity contribution in [2.75, 3.05) is 0 Å². The van der Waals surface area contributed by atoms with E-state index < -0.39 is 0 Å². The lowest BCUT2D eigenvalue weighted by Gasteiger charge is -2.43. The molecule has 0 bridgehead atoms. The summed E-state index contributed by atoms with van der Waals surface area (Å²) in [7, 11) is 0. The maximum absolute atomic E-state index is 6.10. The Hall–Kier alpha value is -0.0400. The molecule has 0 aromatic carbocycles. The summed E-state index contributed by atoms with van der Waals surface area (Å²) in [6.07, 6.45) is 11.3. The molecule has 1 heteroatoms. The fraction of sp³-hybridized carbons (Fsp3) is 1.00. The van der Waals surface area contributed by atoms with Crippen molar-refractivity contribution in [3.05, 3.63) is 0 Å². The van der Waals surface area contributed by atoms with Gasteiger partial charge in [0.25, 0.3) is 0 Å². The van der Waals surface area contributed by atoms with Gasteiger partial charge in [-0.2, -0.15) is 0 Å². The van der Waals surface area contributed by atoms with Gasteiger partial charge in [0.05, 0.1) is 0 Å². The van der Waals surface area contributed by atoms with Crippen molar-refractivity contribution in [3.63, 3.8) is 0 Å². The van der Waals surface area contributed by atoms with Gasteiger partial charge < -0.3 is 5.73 Å². The van der Waals surface area contributed by atoms with E-state index >= 15 is 0 Å². The van der Waals surface area contributed by atoms with Crippen LogP contribution in [0.5, 0.6) is 0 Å². The highest BCUT2D eigenvalue weighted by atomic mass is 14.6. The Morgan fingerprint density at radius 2 is 1.93 bits per heavy atom. The maximum Gasteiger partial charge on any atom is 0.00417 e. The molecule has 0 heterocycles. The Bertz CT molecular complexity index is 174. The normalized spacial score (nSPS) is 39.4. The Morgan fingerprint density at radius 1 is 1.14 bits per heavy atom. The van der Waals surface area contributed by atoms with Gasteiger partial charge in [0.15, 0.2) is 0 Å². The molecular formula is C13H25N. The van der Waals surface area contributed by atoms with E-state index in [1.165, 1.54) is 51.4 Å². The van der Waals surface area contributed by atoms with Crippen molar-refractivity contribution in [2.45, 2.75) is 64.3 Å². The highest BCUT2D eigenvalue weighted by Crippen LogP contribution is 2.45. The number of hydrogen-bond acceptors (Lipinski definition) is 1. The minimum absolute atomic E-state index is 0.522. The van der Waals surface area contributed by atoms with E-state index in [0.717, 1.165) is 17.8 Å². The van der Waals surface area contributed by atoms with Crippen LogP contribution in [0.3, 0.4) is 0 Å². The largest absolute Gasteiger partial charge is 0.328 e. The molecule has 82 valence electrons. The van der Waals surface area contributed by atoms with Crippen LogP contribution in [0, 0.1) is 17.8 Å². The van der Waals surface area contributed by atoms with Gasteiger partial charge in [0.1, 0.15) is 0 Å². The van der Waals surface area contributed by atoms with Crippen LogP contribution in [-0.4, -0.2) is 6.04 Å². The van der Waals surface area contributed by atoms with Crippen molar-refractivity contribution < 1.29 is 0 Å². The third-order valence-electron chi connectivity index (χ3n) is 4.50. The lowest BCUT2D eigenvalue weighted by molar-refractivity contribution is 0.0873. The fourth-order valence-electron chi connectivity index (χ4n) is 3.48. The Balaban J connectivity index is 1.91. The molecule has 2 rings (SSSR count). The van der Waals surface area contributed by atoms with Crippen LogP contribution in [0.4, 0.5) is 0 Å². The molecule has 0 amide bonds. The van der Waals surface area contributed by atoms with Crippen molar-refractivity contribution >= 4 is 0 Å². The molecule has 0 saturated heterocycles. The Labute approximate surface area is 88.4 Å². The zero-order chi connectivity index (χ0) is 9.97. The van der Waals surface area contributed by atoms with E-state index in [4.69, 9.17) is 5.73 Å². The Morgan fingerprint density at radius 3 is 2.50 bits per heavy atom. The molecular weight excluding hydrogens is 170 g/mol. The van der Waals surface area contributed by atoms with Gasteiger partial charge in [-0.25, -0.2) is 0 Å². The monoisotopic (exact) mass is 195 g/mol. The summed E-state index contributed by atoms with van der Waals surface area (Å²) in [5, 5.41) is 0. The second-order valence-corrected chi connectivity index (χ2v) is 5.48. The van der Waals surface area contributed by atoms with E-state index in [1.807, 2.05) is 0 Å². The molecule has 14 heavy (non-hydrogen) atoms. The van der Waals surface area contributed by atoms with Gasteiger partial charge in [0, 0.05) is 6.04 Å². The standard InChI is InChI=1S/C13H25N/c1-2-4-10-7-8-12(14)9-13(10)11-5-3-6-11/h10-13H,2-9,14H2,1H3. The van der Waals surface area contributed by atoms with Gasteiger partial charge >= 0.3 is 0 Å². The molecule has 2 aliphatic rings. The van der Waals surface area contributed by atoms with E-state index in [1.54, 1.807) is 0 Å². The zero-order valence-corrected chi connectivity index (χ0v) is 9.54. The van der Waals surface area contributed by atoms with Gasteiger partial charge in [-0.15, -0.1) is 0 Å². The zero-order valence-electron chi connectivity index (χ0n) is 9.54. The highest BCUT2D eigenvalue weighted by Gasteiger charge is 2.36. The smallest absolute Gasteiger partial charge is 0.00417 e. The molecule has 0 aliphatic heterocycles. The number of nitrogens with two attached hydrogens (primary N) is 1. The summed E-state index contributed by atoms with van der Waals surface area (Å²) in [4.78, 5) is 0. The van der Waals surface area contributed by atoms with Crippen molar-refractivity contribution in [1.29, 1.82) is 0 Å². The summed E-state index contributed by atoms with van der Waals surface area (Å²) in [6, 6.07) is 0.522. The van der Waals surface area contributed by atoms with Crippen LogP contribution in [0.1, 0.15) is 58.3 Å². The van der Waals surface area contributed by atoms with Gasteiger partial charge in [-0.1, -0.05) is 39.0 Å². The van der Waals surface area contributed by atoms with Crippen LogP contribution >= 0.6 is 0 Å². The molecule has 0 aromatic heterocycles. The molecule has 3 unspecified atom stereocenters. The van der Waals surface area contributed by atoms with Crippen LogP contribution < -0.4 is 5.73 Å². The molecule has 0 aromatic rings. The molecule has 0 spiro atoms. The Kier molecular flexibility index (Phi) is 3.48. The average molecular weight is 195 g/mol. The molecule has 2 saturated carbocycles. The SMILES string of the molecule is CCCC1CCC(N)CC1C1CCC1. The summed E-state index contributed by atoms with van der Waals surface area (Å²) in [5.41, 5.74) is 6.10. The van der Waals surface area contributed by atoms with Crippen LogP contribution in [-0.2, 0) is 0 Å². The molecule has 1 nitrogen and oxygen atoms in total. The minimum Gasteiger partial charge on any atom is -0.328 e. The summed E-state index contributed by atoms with van der Waals surface area (Å²) >= 11 is 0. The molecule has 2 fully saturated rings. The second kappa shape index (κ2) is 4.65.